The number of hydrogen-bond acceptors (Lipinski definition) is 3. The van der Waals surface area contributed by atoms with Crippen LogP contribution in [0.15, 0.2) is 26.6 Å². The SMILES string of the molecule is [N-]=[N+]=NCC1CC(=O)N(c2cc(Br)c[nH]c2=O)C1. The Hall–Kier alpha value is -1.79. The van der Waals surface area contributed by atoms with Crippen LogP contribution in [0.1, 0.15) is 6.42 Å². The van der Waals surface area contributed by atoms with Gasteiger partial charge in [0.05, 0.1) is 0 Å². The first-order valence-corrected chi connectivity index (χ1v) is 6.10. The quantitative estimate of drug-likeness (QED) is 0.522. The first kappa shape index (κ1) is 12.7. The number of hydrogen-bond donors (Lipinski definition) is 1. The monoisotopic (exact) mass is 311 g/mol. The standard InChI is InChI=1S/C10H10BrN5O2/c11-7-2-8(10(18)13-4-7)16-5-6(1-9(16)17)3-14-15-12/h2,4,6H,1,3,5H2,(H,13,18). The number of rotatable bonds is 3. The number of nitrogens with one attached hydrogen (secondary N) is 1. The number of carbonyl (C=O) groups is 1. The summed E-state index contributed by atoms with van der Waals surface area (Å²) >= 11 is 3.25. The fourth-order valence-corrected chi connectivity index (χ4v) is 2.27. The molecular weight excluding hydrogens is 302 g/mol. The largest absolute Gasteiger partial charge is 0.326 e. The van der Waals surface area contributed by atoms with E-state index in [0.717, 1.165) is 0 Å². The Morgan fingerprint density at radius 3 is 3.11 bits per heavy atom. The van der Waals surface area contributed by atoms with Gasteiger partial charge in [-0.1, -0.05) is 5.11 Å². The zero-order valence-corrected chi connectivity index (χ0v) is 10.9. The van der Waals surface area contributed by atoms with Crippen molar-refractivity contribution in [3.63, 3.8) is 0 Å². The molecule has 0 spiro atoms. The average Bonchev–Trinajstić information content (AvgIpc) is 2.71. The molecule has 0 aromatic carbocycles. The summed E-state index contributed by atoms with van der Waals surface area (Å²) in [6, 6.07) is 1.60. The van der Waals surface area contributed by atoms with Crippen LogP contribution >= 0.6 is 15.9 Å². The second-order valence-corrected chi connectivity index (χ2v) is 4.94. The van der Waals surface area contributed by atoms with Crippen molar-refractivity contribution in [3.8, 4) is 0 Å². The van der Waals surface area contributed by atoms with Gasteiger partial charge in [-0.2, -0.15) is 0 Å². The highest BCUT2D eigenvalue weighted by Crippen LogP contribution is 2.24. The van der Waals surface area contributed by atoms with Crippen molar-refractivity contribution < 1.29 is 4.79 Å². The number of nitrogens with zero attached hydrogens (tertiary/aromatic N) is 4. The van der Waals surface area contributed by atoms with Crippen LogP contribution in [0.3, 0.4) is 0 Å². The molecule has 1 amide bonds. The third-order valence-electron chi connectivity index (χ3n) is 2.75. The highest BCUT2D eigenvalue weighted by Gasteiger charge is 2.31. The Bertz CT molecular complexity index is 578. The summed E-state index contributed by atoms with van der Waals surface area (Å²) in [5.74, 6) is -0.163. The summed E-state index contributed by atoms with van der Waals surface area (Å²) in [5, 5.41) is 3.46. The van der Waals surface area contributed by atoms with Crippen molar-refractivity contribution >= 4 is 27.5 Å². The lowest BCUT2D eigenvalue weighted by molar-refractivity contribution is -0.117. The van der Waals surface area contributed by atoms with Crippen molar-refractivity contribution in [1.82, 2.24) is 4.98 Å². The molecule has 1 aliphatic heterocycles. The molecule has 7 nitrogen and oxygen atoms in total. The Morgan fingerprint density at radius 2 is 2.39 bits per heavy atom. The van der Waals surface area contributed by atoms with Gasteiger partial charge in [-0.05, 0) is 33.4 Å². The molecular formula is C10H10BrN5O2. The number of pyridine rings is 1. The first-order valence-electron chi connectivity index (χ1n) is 5.31. The Morgan fingerprint density at radius 1 is 1.61 bits per heavy atom. The smallest absolute Gasteiger partial charge is 0.271 e. The minimum absolute atomic E-state index is 0.0354. The van der Waals surface area contributed by atoms with Gasteiger partial charge in [-0.15, -0.1) is 0 Å². The van der Waals surface area contributed by atoms with Gasteiger partial charge in [0.15, 0.2) is 0 Å². The van der Waals surface area contributed by atoms with Gasteiger partial charge in [-0.25, -0.2) is 0 Å². The minimum atomic E-state index is -0.309. The second kappa shape index (κ2) is 5.24. The molecule has 0 saturated carbocycles. The highest BCUT2D eigenvalue weighted by molar-refractivity contribution is 9.10. The van der Waals surface area contributed by atoms with Crippen LogP contribution in [0.2, 0.25) is 0 Å². The van der Waals surface area contributed by atoms with Gasteiger partial charge in [-0.3, -0.25) is 9.59 Å². The van der Waals surface area contributed by atoms with Gasteiger partial charge in [0.2, 0.25) is 5.91 Å². The molecule has 94 valence electrons. The number of aromatic amines is 1. The number of azide groups is 1. The molecule has 18 heavy (non-hydrogen) atoms. The molecule has 0 radical (unpaired) electrons. The molecule has 1 atom stereocenters. The molecule has 2 heterocycles. The maximum Gasteiger partial charge on any atom is 0.271 e. The maximum atomic E-state index is 11.8. The molecule has 1 saturated heterocycles. The van der Waals surface area contributed by atoms with E-state index in [1.165, 1.54) is 11.1 Å². The highest BCUT2D eigenvalue weighted by atomic mass is 79.9. The first-order chi connectivity index (χ1) is 8.61. The molecule has 2 rings (SSSR count). The molecule has 1 aromatic heterocycles. The number of carbonyl (C=O) groups excluding carboxylic acids is 1. The van der Waals surface area contributed by atoms with E-state index in [4.69, 9.17) is 5.53 Å². The normalized spacial score (nSPS) is 18.8. The van der Waals surface area contributed by atoms with Crippen LogP contribution in [-0.2, 0) is 4.79 Å². The molecule has 1 fully saturated rings. The number of halogens is 1. The van der Waals surface area contributed by atoms with Crippen LogP contribution < -0.4 is 10.5 Å². The third-order valence-corrected chi connectivity index (χ3v) is 3.21. The molecule has 1 aliphatic rings. The topological polar surface area (TPSA) is 102 Å². The average molecular weight is 312 g/mol. The van der Waals surface area contributed by atoms with E-state index in [0.29, 0.717) is 23.1 Å². The fourth-order valence-electron chi connectivity index (χ4n) is 1.94. The van der Waals surface area contributed by atoms with Crippen molar-refractivity contribution in [3.05, 3.63) is 37.5 Å². The van der Waals surface area contributed by atoms with E-state index < -0.39 is 0 Å². The molecule has 0 bridgehead atoms. The number of H-pyrrole nitrogens is 1. The van der Waals surface area contributed by atoms with E-state index >= 15 is 0 Å². The zero-order valence-electron chi connectivity index (χ0n) is 9.34. The predicted molar refractivity (Wildman–Crippen MR) is 69.2 cm³/mol. The summed E-state index contributed by atoms with van der Waals surface area (Å²) < 4.78 is 0.698. The van der Waals surface area contributed by atoms with E-state index in [1.54, 1.807) is 6.07 Å². The van der Waals surface area contributed by atoms with E-state index in [1.807, 2.05) is 0 Å². The molecule has 1 aromatic rings. The molecule has 1 unspecified atom stereocenters. The summed E-state index contributed by atoms with van der Waals surface area (Å²) in [6.45, 7) is 0.669. The van der Waals surface area contributed by atoms with Crippen molar-refractivity contribution in [1.29, 1.82) is 0 Å². The predicted octanol–water partition coefficient (Wildman–Crippen LogP) is 1.80. The number of anilines is 1. The summed E-state index contributed by atoms with van der Waals surface area (Å²) in [6.07, 6.45) is 1.81. The third kappa shape index (κ3) is 2.55. The van der Waals surface area contributed by atoms with Crippen LogP contribution in [-0.4, -0.2) is 24.0 Å². The Kier molecular flexibility index (Phi) is 3.69. The van der Waals surface area contributed by atoms with Gasteiger partial charge < -0.3 is 9.88 Å². The van der Waals surface area contributed by atoms with E-state index in [-0.39, 0.29) is 23.9 Å². The van der Waals surface area contributed by atoms with Crippen LogP contribution in [0.4, 0.5) is 5.69 Å². The van der Waals surface area contributed by atoms with Crippen LogP contribution in [0.25, 0.3) is 10.4 Å². The lowest BCUT2D eigenvalue weighted by atomic mass is 10.1. The van der Waals surface area contributed by atoms with E-state index in [2.05, 4.69) is 30.9 Å². The van der Waals surface area contributed by atoms with Gasteiger partial charge in [0.25, 0.3) is 5.56 Å². The maximum absolute atomic E-state index is 11.8. The Labute approximate surface area is 111 Å². The van der Waals surface area contributed by atoms with Crippen molar-refractivity contribution in [2.24, 2.45) is 11.0 Å². The summed E-state index contributed by atoms with van der Waals surface area (Å²) in [4.78, 5) is 30.2. The van der Waals surface area contributed by atoms with Crippen LogP contribution in [0, 0.1) is 5.92 Å². The molecule has 8 heteroatoms. The molecule has 1 N–H and O–H groups in total. The lowest BCUT2D eigenvalue weighted by Gasteiger charge is -2.15. The van der Waals surface area contributed by atoms with Crippen LogP contribution in [0.5, 0.6) is 0 Å². The minimum Gasteiger partial charge on any atom is -0.326 e. The van der Waals surface area contributed by atoms with Crippen molar-refractivity contribution in [2.75, 3.05) is 18.0 Å². The van der Waals surface area contributed by atoms with Gasteiger partial charge in [0.1, 0.15) is 5.69 Å². The summed E-state index contributed by atoms with van der Waals surface area (Å²) in [5.41, 5.74) is 8.26. The summed E-state index contributed by atoms with van der Waals surface area (Å²) in [7, 11) is 0. The zero-order chi connectivity index (χ0) is 13.1. The van der Waals surface area contributed by atoms with Gasteiger partial charge >= 0.3 is 0 Å². The van der Waals surface area contributed by atoms with E-state index in [9.17, 15) is 9.59 Å². The second-order valence-electron chi connectivity index (χ2n) is 4.02. The number of amides is 1. The van der Waals surface area contributed by atoms with Crippen molar-refractivity contribution in [2.45, 2.75) is 6.42 Å². The Balaban J connectivity index is 2.24. The van der Waals surface area contributed by atoms with Gasteiger partial charge in [0, 0.05) is 35.1 Å². The lowest BCUT2D eigenvalue weighted by Crippen LogP contribution is -2.30. The number of aromatic nitrogens is 1. The molecule has 0 aliphatic carbocycles. The fraction of sp³-hybridized carbons (Fsp3) is 0.400.